The molecule has 1 heterocycles. The Bertz CT molecular complexity index is 568. The van der Waals surface area contributed by atoms with E-state index in [1.165, 1.54) is 29.1 Å². The number of carbonyl (C=O) groups excluding carboxylic acids is 1. The first-order valence-corrected chi connectivity index (χ1v) is 5.60. The summed E-state index contributed by atoms with van der Waals surface area (Å²) in [5.74, 6) is -0.652. The summed E-state index contributed by atoms with van der Waals surface area (Å²) in [6.45, 7) is 0. The number of nitrogens with one attached hydrogen (secondary N) is 1. The lowest BCUT2D eigenvalue weighted by Crippen LogP contribution is -2.11. The lowest BCUT2D eigenvalue weighted by Gasteiger charge is -2.04. The van der Waals surface area contributed by atoms with Crippen molar-refractivity contribution in [2.75, 3.05) is 5.32 Å². The highest BCUT2D eigenvalue weighted by atomic mass is 79.9. The summed E-state index contributed by atoms with van der Waals surface area (Å²) < 4.78 is 14.8. The van der Waals surface area contributed by atoms with E-state index in [0.29, 0.717) is 15.7 Å². The molecule has 0 saturated heterocycles. The van der Waals surface area contributed by atoms with Gasteiger partial charge in [0.1, 0.15) is 5.82 Å². The van der Waals surface area contributed by atoms with Gasteiger partial charge in [0.15, 0.2) is 0 Å². The number of benzene rings is 1. The minimum Gasteiger partial charge on any atom is -0.322 e. The number of nitrogens with zero attached hydrogens (tertiary/aromatic N) is 2. The summed E-state index contributed by atoms with van der Waals surface area (Å²) in [4.78, 5) is 11.8. The van der Waals surface area contributed by atoms with Gasteiger partial charge >= 0.3 is 0 Å². The van der Waals surface area contributed by atoms with E-state index >= 15 is 0 Å². The summed E-state index contributed by atoms with van der Waals surface area (Å²) in [5, 5.41) is 6.55. The molecule has 1 N–H and O–H groups in total. The number of aromatic nitrogens is 2. The fourth-order valence-electron chi connectivity index (χ4n) is 1.32. The Balaban J connectivity index is 2.15. The molecule has 0 aliphatic carbocycles. The molecule has 2 rings (SSSR count). The smallest absolute Gasteiger partial charge is 0.258 e. The largest absolute Gasteiger partial charge is 0.322 e. The van der Waals surface area contributed by atoms with Crippen molar-refractivity contribution in [2.45, 2.75) is 0 Å². The quantitative estimate of drug-likeness (QED) is 0.926. The van der Waals surface area contributed by atoms with E-state index in [1.807, 2.05) is 0 Å². The number of anilines is 1. The molecule has 0 aliphatic rings. The highest BCUT2D eigenvalue weighted by Gasteiger charge is 2.09. The number of hydrogen-bond donors (Lipinski definition) is 1. The molecule has 0 atom stereocenters. The third-order valence-corrected chi connectivity index (χ3v) is 2.75. The molecule has 17 heavy (non-hydrogen) atoms. The molecule has 4 nitrogen and oxygen atoms in total. The number of carbonyl (C=O) groups is 1. The van der Waals surface area contributed by atoms with Crippen LogP contribution in [0.3, 0.4) is 0 Å². The molecule has 1 amide bonds. The summed E-state index contributed by atoms with van der Waals surface area (Å²) in [6.07, 6.45) is 3.07. The van der Waals surface area contributed by atoms with Gasteiger partial charge in [-0.25, -0.2) is 4.39 Å². The Kier molecular flexibility index (Phi) is 3.23. The van der Waals surface area contributed by atoms with Gasteiger partial charge < -0.3 is 5.32 Å². The van der Waals surface area contributed by atoms with Crippen LogP contribution in [0.15, 0.2) is 35.1 Å². The molecule has 1 aromatic heterocycles. The molecule has 0 fully saturated rings. The first-order valence-electron chi connectivity index (χ1n) is 4.81. The van der Waals surface area contributed by atoms with Crippen LogP contribution in [0.25, 0.3) is 0 Å². The van der Waals surface area contributed by atoms with Crippen LogP contribution in [0.4, 0.5) is 10.1 Å². The van der Waals surface area contributed by atoms with Crippen molar-refractivity contribution in [3.05, 3.63) is 46.4 Å². The molecule has 0 aliphatic heterocycles. The van der Waals surface area contributed by atoms with Crippen LogP contribution in [0.2, 0.25) is 0 Å². The van der Waals surface area contributed by atoms with Gasteiger partial charge in [-0.3, -0.25) is 9.48 Å². The van der Waals surface area contributed by atoms with Crippen LogP contribution in [0.5, 0.6) is 0 Å². The topological polar surface area (TPSA) is 46.9 Å². The van der Waals surface area contributed by atoms with Crippen molar-refractivity contribution in [1.29, 1.82) is 0 Å². The van der Waals surface area contributed by atoms with Crippen molar-refractivity contribution in [2.24, 2.45) is 7.05 Å². The summed E-state index contributed by atoms with van der Waals surface area (Å²) in [5.41, 5.74) is 0.972. The second kappa shape index (κ2) is 4.67. The molecule has 0 unspecified atom stereocenters. The molecule has 88 valence electrons. The lowest BCUT2D eigenvalue weighted by molar-refractivity contribution is 0.102. The standard InChI is InChI=1S/C11H9BrFN3O/c1-16-6-7(5-14-16)11(17)15-8-2-3-10(13)9(12)4-8/h2-6H,1H3,(H,15,17). The second-order valence-corrected chi connectivity index (χ2v) is 4.34. The molecule has 0 bridgehead atoms. The Labute approximate surface area is 106 Å². The Morgan fingerprint density at radius 3 is 2.88 bits per heavy atom. The Morgan fingerprint density at radius 2 is 2.29 bits per heavy atom. The highest BCUT2D eigenvalue weighted by Crippen LogP contribution is 2.20. The van der Waals surface area contributed by atoms with Crippen LogP contribution < -0.4 is 5.32 Å². The van der Waals surface area contributed by atoms with E-state index in [9.17, 15) is 9.18 Å². The molecule has 0 spiro atoms. The van der Waals surface area contributed by atoms with Gasteiger partial charge in [0.2, 0.25) is 0 Å². The molecular weight excluding hydrogens is 289 g/mol. The summed E-state index contributed by atoms with van der Waals surface area (Å²) in [7, 11) is 1.73. The number of amides is 1. The van der Waals surface area contributed by atoms with E-state index in [1.54, 1.807) is 13.2 Å². The maximum atomic E-state index is 13.0. The van der Waals surface area contributed by atoms with Crippen LogP contribution in [0.1, 0.15) is 10.4 Å². The SMILES string of the molecule is Cn1cc(C(=O)Nc2ccc(F)c(Br)c2)cn1. The minimum absolute atomic E-state index is 0.281. The van der Waals surface area contributed by atoms with Crippen molar-refractivity contribution in [3.8, 4) is 0 Å². The number of rotatable bonds is 2. The van der Waals surface area contributed by atoms with Crippen molar-refractivity contribution < 1.29 is 9.18 Å². The average Bonchev–Trinajstić information content (AvgIpc) is 2.70. The van der Waals surface area contributed by atoms with Crippen LogP contribution in [0, 0.1) is 5.82 Å². The zero-order valence-corrected chi connectivity index (χ0v) is 10.5. The lowest BCUT2D eigenvalue weighted by atomic mass is 10.3. The third kappa shape index (κ3) is 2.71. The van der Waals surface area contributed by atoms with E-state index in [0.717, 1.165) is 0 Å². The number of aryl methyl sites for hydroxylation is 1. The maximum Gasteiger partial charge on any atom is 0.258 e. The predicted octanol–water partition coefficient (Wildman–Crippen LogP) is 2.57. The fourth-order valence-corrected chi connectivity index (χ4v) is 1.69. The number of halogens is 2. The molecule has 6 heteroatoms. The predicted molar refractivity (Wildman–Crippen MR) is 65.3 cm³/mol. The van der Waals surface area contributed by atoms with Gasteiger partial charge in [-0.05, 0) is 34.1 Å². The van der Waals surface area contributed by atoms with Gasteiger partial charge in [-0.1, -0.05) is 0 Å². The maximum absolute atomic E-state index is 13.0. The van der Waals surface area contributed by atoms with Crippen molar-refractivity contribution in [3.63, 3.8) is 0 Å². The van der Waals surface area contributed by atoms with Crippen molar-refractivity contribution >= 4 is 27.5 Å². The van der Waals surface area contributed by atoms with Gasteiger partial charge in [-0.2, -0.15) is 5.10 Å². The zero-order valence-electron chi connectivity index (χ0n) is 8.95. The molecule has 2 aromatic rings. The molecule has 0 saturated carbocycles. The minimum atomic E-state index is -0.371. The highest BCUT2D eigenvalue weighted by molar-refractivity contribution is 9.10. The van der Waals surface area contributed by atoms with Crippen molar-refractivity contribution in [1.82, 2.24) is 9.78 Å². The second-order valence-electron chi connectivity index (χ2n) is 3.49. The van der Waals surface area contributed by atoms with E-state index in [4.69, 9.17) is 0 Å². The fraction of sp³-hybridized carbons (Fsp3) is 0.0909. The van der Waals surface area contributed by atoms with Gasteiger partial charge in [-0.15, -0.1) is 0 Å². The normalized spacial score (nSPS) is 10.3. The molecule has 0 radical (unpaired) electrons. The van der Waals surface area contributed by atoms with Gasteiger partial charge in [0, 0.05) is 18.9 Å². The zero-order chi connectivity index (χ0) is 12.4. The average molecular weight is 298 g/mol. The van der Waals surface area contributed by atoms with Crippen LogP contribution >= 0.6 is 15.9 Å². The van der Waals surface area contributed by atoms with E-state index in [2.05, 4.69) is 26.3 Å². The Morgan fingerprint density at radius 1 is 1.53 bits per heavy atom. The first-order chi connectivity index (χ1) is 8.06. The third-order valence-electron chi connectivity index (χ3n) is 2.14. The van der Waals surface area contributed by atoms with Crippen LogP contribution in [-0.2, 0) is 7.05 Å². The molecular formula is C11H9BrFN3O. The molecule has 1 aromatic carbocycles. The van der Waals surface area contributed by atoms with Gasteiger partial charge in [0.25, 0.3) is 5.91 Å². The number of hydrogen-bond acceptors (Lipinski definition) is 2. The summed E-state index contributed by atoms with van der Waals surface area (Å²) >= 11 is 3.05. The summed E-state index contributed by atoms with van der Waals surface area (Å²) in [6, 6.07) is 4.28. The monoisotopic (exact) mass is 297 g/mol. The van der Waals surface area contributed by atoms with E-state index < -0.39 is 0 Å². The van der Waals surface area contributed by atoms with Crippen LogP contribution in [-0.4, -0.2) is 15.7 Å². The van der Waals surface area contributed by atoms with Gasteiger partial charge in [0.05, 0.1) is 16.2 Å². The first kappa shape index (κ1) is 11.8. The Hall–Kier alpha value is -1.69. The van der Waals surface area contributed by atoms with E-state index in [-0.39, 0.29) is 11.7 Å².